The van der Waals surface area contributed by atoms with E-state index in [1.54, 1.807) is 6.07 Å². The zero-order valence-electron chi connectivity index (χ0n) is 7.99. The molecular weight excluding hydrogens is 188 g/mol. The molecule has 0 aromatic heterocycles. The molecule has 0 N–H and O–H groups in total. The third-order valence-electron chi connectivity index (χ3n) is 2.86. The molecule has 0 spiro atoms. The first kappa shape index (κ1) is 8.36. The monoisotopic (exact) mass is 196 g/mol. The fourth-order valence-corrected chi connectivity index (χ4v) is 2.13. The molecule has 0 atom stereocenters. The molecule has 3 rings (SSSR count). The van der Waals surface area contributed by atoms with E-state index in [2.05, 4.69) is 0 Å². The van der Waals surface area contributed by atoms with E-state index in [9.17, 15) is 9.59 Å². The van der Waals surface area contributed by atoms with Gasteiger partial charge in [-0.3, -0.25) is 9.59 Å². The van der Waals surface area contributed by atoms with Crippen LogP contribution >= 0.6 is 0 Å². The summed E-state index contributed by atoms with van der Waals surface area (Å²) in [5.41, 5.74) is 3.17. The molecule has 0 bridgehead atoms. The van der Waals surface area contributed by atoms with Crippen LogP contribution in [0.5, 0.6) is 0 Å². The number of hydrogen-bond donors (Lipinski definition) is 0. The zero-order valence-corrected chi connectivity index (χ0v) is 7.99. The summed E-state index contributed by atoms with van der Waals surface area (Å²) in [6, 6.07) is 3.68. The van der Waals surface area contributed by atoms with E-state index in [0.29, 0.717) is 11.1 Å². The molecule has 15 heavy (non-hydrogen) atoms. The van der Waals surface area contributed by atoms with Crippen molar-refractivity contribution in [2.24, 2.45) is 0 Å². The van der Waals surface area contributed by atoms with Crippen LogP contribution in [0.4, 0.5) is 0 Å². The summed E-state index contributed by atoms with van der Waals surface area (Å²) in [5.74, 6) is -0.138. The first-order chi connectivity index (χ1) is 7.27. The van der Waals surface area contributed by atoms with Crippen LogP contribution < -0.4 is 0 Å². The average molecular weight is 196 g/mol. The van der Waals surface area contributed by atoms with Gasteiger partial charge in [-0.15, -0.1) is 0 Å². The molecule has 0 heterocycles. The van der Waals surface area contributed by atoms with Crippen molar-refractivity contribution in [3.05, 3.63) is 52.6 Å². The van der Waals surface area contributed by atoms with E-state index in [1.165, 1.54) is 12.2 Å². The van der Waals surface area contributed by atoms with E-state index in [4.69, 9.17) is 0 Å². The Balaban J connectivity index is 2.37. The van der Waals surface area contributed by atoms with Gasteiger partial charge in [0.1, 0.15) is 0 Å². The SMILES string of the molecule is O=C1C=CC(=O)c2c1ccc1c2C=CC1. The van der Waals surface area contributed by atoms with Crippen molar-refractivity contribution in [2.45, 2.75) is 6.42 Å². The molecule has 0 aliphatic heterocycles. The Morgan fingerprint density at radius 3 is 2.60 bits per heavy atom. The minimum atomic E-state index is -0.0762. The van der Waals surface area contributed by atoms with E-state index in [-0.39, 0.29) is 11.6 Å². The number of rotatable bonds is 0. The summed E-state index contributed by atoms with van der Waals surface area (Å²) in [6.45, 7) is 0. The summed E-state index contributed by atoms with van der Waals surface area (Å²) < 4.78 is 0. The first-order valence-corrected chi connectivity index (χ1v) is 4.86. The van der Waals surface area contributed by atoms with Crippen molar-refractivity contribution in [1.29, 1.82) is 0 Å². The van der Waals surface area contributed by atoms with E-state index < -0.39 is 0 Å². The molecule has 72 valence electrons. The molecule has 2 aliphatic carbocycles. The summed E-state index contributed by atoms with van der Waals surface area (Å²) in [5, 5.41) is 0. The number of hydrogen-bond acceptors (Lipinski definition) is 2. The molecule has 2 aliphatic rings. The molecule has 1 aromatic carbocycles. The van der Waals surface area contributed by atoms with Gasteiger partial charge in [-0.1, -0.05) is 18.2 Å². The van der Waals surface area contributed by atoms with Crippen LogP contribution in [0.2, 0.25) is 0 Å². The van der Waals surface area contributed by atoms with Crippen molar-refractivity contribution < 1.29 is 9.59 Å². The minimum Gasteiger partial charge on any atom is -0.289 e. The molecular formula is C13H8O2. The van der Waals surface area contributed by atoms with Crippen molar-refractivity contribution in [2.75, 3.05) is 0 Å². The fraction of sp³-hybridized carbons (Fsp3) is 0.0769. The highest BCUT2D eigenvalue weighted by molar-refractivity contribution is 6.23. The Labute approximate surface area is 86.9 Å². The van der Waals surface area contributed by atoms with Gasteiger partial charge in [-0.05, 0) is 35.8 Å². The molecule has 0 unspecified atom stereocenters. The molecule has 2 heteroatoms. The summed E-state index contributed by atoms with van der Waals surface area (Å²) >= 11 is 0. The second kappa shape index (κ2) is 2.76. The number of carbonyl (C=O) groups excluding carboxylic acids is 2. The topological polar surface area (TPSA) is 34.1 Å². The van der Waals surface area contributed by atoms with Gasteiger partial charge in [0.15, 0.2) is 11.6 Å². The molecule has 0 saturated heterocycles. The highest BCUT2D eigenvalue weighted by atomic mass is 16.1. The lowest BCUT2D eigenvalue weighted by Gasteiger charge is -2.12. The average Bonchev–Trinajstić information content (AvgIpc) is 2.70. The lowest BCUT2D eigenvalue weighted by Crippen LogP contribution is -2.13. The van der Waals surface area contributed by atoms with Gasteiger partial charge in [0, 0.05) is 11.1 Å². The highest BCUT2D eigenvalue weighted by Crippen LogP contribution is 2.29. The normalized spacial score (nSPS) is 16.8. The number of fused-ring (bicyclic) bond motifs is 3. The van der Waals surface area contributed by atoms with Gasteiger partial charge in [-0.2, -0.15) is 0 Å². The van der Waals surface area contributed by atoms with Gasteiger partial charge in [0.05, 0.1) is 0 Å². The second-order valence-corrected chi connectivity index (χ2v) is 3.73. The number of ketones is 2. The second-order valence-electron chi connectivity index (χ2n) is 3.73. The quantitative estimate of drug-likeness (QED) is 0.637. The summed E-state index contributed by atoms with van der Waals surface area (Å²) in [6.07, 6.45) is 7.50. The maximum atomic E-state index is 11.7. The molecule has 0 radical (unpaired) electrons. The van der Waals surface area contributed by atoms with Crippen LogP contribution in [0.25, 0.3) is 6.08 Å². The molecule has 2 nitrogen and oxygen atoms in total. The Bertz CT molecular complexity index is 548. The van der Waals surface area contributed by atoms with Crippen LogP contribution in [0.3, 0.4) is 0 Å². The standard InChI is InChI=1S/C13H8O2/c14-11-6-7-12(15)13-9-3-1-2-8(9)4-5-10(11)13/h1,3-7H,2H2. The first-order valence-electron chi connectivity index (χ1n) is 4.86. The van der Waals surface area contributed by atoms with Gasteiger partial charge in [0.25, 0.3) is 0 Å². The van der Waals surface area contributed by atoms with Crippen LogP contribution in [-0.4, -0.2) is 11.6 Å². The number of allylic oxidation sites excluding steroid dienone is 3. The molecule has 0 saturated carbocycles. The zero-order chi connectivity index (χ0) is 10.4. The third kappa shape index (κ3) is 1.05. The fourth-order valence-electron chi connectivity index (χ4n) is 2.13. The minimum absolute atomic E-state index is 0.0620. The van der Waals surface area contributed by atoms with Crippen LogP contribution in [-0.2, 0) is 6.42 Å². The van der Waals surface area contributed by atoms with Crippen molar-refractivity contribution in [3.8, 4) is 0 Å². The largest absolute Gasteiger partial charge is 0.289 e. The number of benzene rings is 1. The van der Waals surface area contributed by atoms with Crippen molar-refractivity contribution >= 4 is 17.6 Å². The third-order valence-corrected chi connectivity index (χ3v) is 2.86. The molecule has 1 aromatic rings. The Morgan fingerprint density at radius 1 is 0.933 bits per heavy atom. The lowest BCUT2D eigenvalue weighted by molar-refractivity contribution is 0.0994. The predicted octanol–water partition coefficient (Wildman–Crippen LogP) is 2.19. The van der Waals surface area contributed by atoms with Gasteiger partial charge in [-0.25, -0.2) is 0 Å². The van der Waals surface area contributed by atoms with Crippen LogP contribution in [0, 0.1) is 0 Å². The predicted molar refractivity (Wildman–Crippen MR) is 57.0 cm³/mol. The maximum absolute atomic E-state index is 11.7. The smallest absolute Gasteiger partial charge is 0.187 e. The number of carbonyl (C=O) groups is 2. The van der Waals surface area contributed by atoms with Gasteiger partial charge >= 0.3 is 0 Å². The van der Waals surface area contributed by atoms with E-state index >= 15 is 0 Å². The van der Waals surface area contributed by atoms with Gasteiger partial charge < -0.3 is 0 Å². The summed E-state index contributed by atoms with van der Waals surface area (Å²) in [4.78, 5) is 23.3. The van der Waals surface area contributed by atoms with Gasteiger partial charge in [0.2, 0.25) is 0 Å². The lowest BCUT2D eigenvalue weighted by atomic mass is 9.89. The Hall–Kier alpha value is -1.96. The van der Waals surface area contributed by atoms with E-state index in [0.717, 1.165) is 17.5 Å². The highest BCUT2D eigenvalue weighted by Gasteiger charge is 2.24. The van der Waals surface area contributed by atoms with E-state index in [1.807, 2.05) is 18.2 Å². The summed E-state index contributed by atoms with van der Waals surface area (Å²) in [7, 11) is 0. The molecule has 0 fully saturated rings. The molecule has 0 amide bonds. The van der Waals surface area contributed by atoms with Crippen LogP contribution in [0.1, 0.15) is 31.8 Å². The Morgan fingerprint density at radius 2 is 1.73 bits per heavy atom. The Kier molecular flexibility index (Phi) is 1.54. The van der Waals surface area contributed by atoms with Crippen molar-refractivity contribution in [1.82, 2.24) is 0 Å². The van der Waals surface area contributed by atoms with Crippen LogP contribution in [0.15, 0.2) is 30.4 Å². The van der Waals surface area contributed by atoms with Crippen molar-refractivity contribution in [3.63, 3.8) is 0 Å². The maximum Gasteiger partial charge on any atom is 0.187 e.